The van der Waals surface area contributed by atoms with Crippen LogP contribution in [0.3, 0.4) is 0 Å². The zero-order chi connectivity index (χ0) is 14.1. The lowest BCUT2D eigenvalue weighted by Gasteiger charge is -2.08. The van der Waals surface area contributed by atoms with Crippen molar-refractivity contribution in [2.24, 2.45) is 0 Å². The molecule has 0 fully saturated rings. The van der Waals surface area contributed by atoms with Crippen molar-refractivity contribution in [3.63, 3.8) is 0 Å². The molecule has 0 bridgehead atoms. The molecule has 0 amide bonds. The summed E-state index contributed by atoms with van der Waals surface area (Å²) in [5.41, 5.74) is 1.77. The number of hydrogen-bond donors (Lipinski definition) is 1. The Morgan fingerprint density at radius 3 is 2.75 bits per heavy atom. The first-order valence-corrected chi connectivity index (χ1v) is 8.15. The number of fused-ring (bicyclic) bond motifs is 1. The fourth-order valence-corrected chi connectivity index (χ4v) is 4.39. The largest absolute Gasteiger partial charge is 0.389 e. The molecular formula is C15H12ClNOS2. The molecule has 102 valence electrons. The second-order valence-corrected chi connectivity index (χ2v) is 7.17. The Bertz CT molecular complexity index is 721. The zero-order valence-electron chi connectivity index (χ0n) is 10.7. The molecule has 2 aromatic carbocycles. The minimum atomic E-state index is -0.552. The maximum Gasteiger partial charge on any atom is 0.155 e. The van der Waals surface area contributed by atoms with E-state index in [9.17, 15) is 5.11 Å². The number of para-hydroxylation sites is 1. The molecule has 5 heteroatoms. The normalized spacial score (nSPS) is 12.8. The van der Waals surface area contributed by atoms with Gasteiger partial charge in [0.1, 0.15) is 0 Å². The average molecular weight is 322 g/mol. The number of aliphatic hydroxyl groups is 1. The Labute approximate surface area is 130 Å². The summed E-state index contributed by atoms with van der Waals surface area (Å²) < 4.78 is 2.17. The number of aromatic nitrogens is 1. The molecule has 0 radical (unpaired) electrons. The lowest BCUT2D eigenvalue weighted by molar-refractivity contribution is 0.199. The predicted octanol–water partition coefficient (Wildman–Crippen LogP) is 5.15. The van der Waals surface area contributed by atoms with Crippen molar-refractivity contribution >= 4 is 44.9 Å². The maximum absolute atomic E-state index is 9.58. The summed E-state index contributed by atoms with van der Waals surface area (Å²) in [6.07, 6.45) is -0.552. The van der Waals surface area contributed by atoms with E-state index in [1.54, 1.807) is 30.0 Å². The topological polar surface area (TPSA) is 33.1 Å². The van der Waals surface area contributed by atoms with Gasteiger partial charge in [-0.25, -0.2) is 4.98 Å². The predicted molar refractivity (Wildman–Crippen MR) is 85.8 cm³/mol. The first-order chi connectivity index (χ1) is 9.63. The Morgan fingerprint density at radius 1 is 1.25 bits per heavy atom. The molecule has 20 heavy (non-hydrogen) atoms. The summed E-state index contributed by atoms with van der Waals surface area (Å²) >= 11 is 9.44. The zero-order valence-corrected chi connectivity index (χ0v) is 13.1. The van der Waals surface area contributed by atoms with Crippen LogP contribution in [0.25, 0.3) is 10.2 Å². The highest BCUT2D eigenvalue weighted by atomic mass is 35.5. The quantitative estimate of drug-likeness (QED) is 0.723. The number of aliphatic hydroxyl groups excluding tert-OH is 1. The van der Waals surface area contributed by atoms with Crippen molar-refractivity contribution in [3.8, 4) is 0 Å². The second-order valence-electron chi connectivity index (χ2n) is 4.41. The molecule has 1 unspecified atom stereocenters. The van der Waals surface area contributed by atoms with Crippen LogP contribution in [0.4, 0.5) is 0 Å². The van der Waals surface area contributed by atoms with Crippen LogP contribution in [-0.2, 0) is 0 Å². The molecule has 0 saturated carbocycles. The highest BCUT2D eigenvalue weighted by Crippen LogP contribution is 2.36. The van der Waals surface area contributed by atoms with Gasteiger partial charge < -0.3 is 5.11 Å². The standard InChI is InChI=1S/C15H12ClNOS2/c1-9(18)11-7-6-10(8-12(11)16)19-15-17-13-4-2-3-5-14(13)20-15/h2-9,18H,1H3. The Kier molecular flexibility index (Phi) is 3.98. The highest BCUT2D eigenvalue weighted by molar-refractivity contribution is 8.01. The van der Waals surface area contributed by atoms with E-state index in [1.165, 1.54) is 4.70 Å². The van der Waals surface area contributed by atoms with Gasteiger partial charge in [0, 0.05) is 9.92 Å². The molecule has 3 aromatic rings. The summed E-state index contributed by atoms with van der Waals surface area (Å²) in [6.45, 7) is 1.71. The van der Waals surface area contributed by atoms with Gasteiger partial charge >= 0.3 is 0 Å². The molecular weight excluding hydrogens is 310 g/mol. The van der Waals surface area contributed by atoms with Gasteiger partial charge in [-0.1, -0.05) is 41.6 Å². The first kappa shape index (κ1) is 13.9. The molecule has 0 aliphatic rings. The number of benzene rings is 2. The van der Waals surface area contributed by atoms with Gasteiger partial charge in [0.05, 0.1) is 16.3 Å². The molecule has 1 heterocycles. The van der Waals surface area contributed by atoms with E-state index in [0.29, 0.717) is 5.02 Å². The van der Waals surface area contributed by atoms with Gasteiger partial charge in [-0.3, -0.25) is 0 Å². The van der Waals surface area contributed by atoms with Gasteiger partial charge in [-0.2, -0.15) is 0 Å². The van der Waals surface area contributed by atoms with Crippen LogP contribution in [0.1, 0.15) is 18.6 Å². The Hall–Kier alpha value is -1.07. The fraction of sp³-hybridized carbons (Fsp3) is 0.133. The van der Waals surface area contributed by atoms with Gasteiger partial charge in [-0.15, -0.1) is 11.3 Å². The SMILES string of the molecule is CC(O)c1ccc(Sc2nc3ccccc3s2)cc1Cl. The van der Waals surface area contributed by atoms with Crippen molar-refractivity contribution in [3.05, 3.63) is 53.1 Å². The van der Waals surface area contributed by atoms with E-state index in [0.717, 1.165) is 20.3 Å². The summed E-state index contributed by atoms with van der Waals surface area (Å²) in [4.78, 5) is 5.61. The minimum absolute atomic E-state index is 0.552. The number of hydrogen-bond acceptors (Lipinski definition) is 4. The monoisotopic (exact) mass is 321 g/mol. The molecule has 0 spiro atoms. The van der Waals surface area contributed by atoms with Crippen molar-refractivity contribution in [2.45, 2.75) is 22.3 Å². The van der Waals surface area contributed by atoms with Gasteiger partial charge in [0.25, 0.3) is 0 Å². The van der Waals surface area contributed by atoms with Crippen molar-refractivity contribution in [1.82, 2.24) is 4.98 Å². The Balaban J connectivity index is 1.89. The van der Waals surface area contributed by atoms with E-state index in [4.69, 9.17) is 11.6 Å². The molecule has 3 rings (SSSR count). The van der Waals surface area contributed by atoms with E-state index < -0.39 is 6.10 Å². The van der Waals surface area contributed by atoms with E-state index >= 15 is 0 Å². The van der Waals surface area contributed by atoms with Crippen LogP contribution in [0.2, 0.25) is 5.02 Å². The van der Waals surface area contributed by atoms with Gasteiger partial charge in [-0.05, 0) is 36.8 Å². The van der Waals surface area contributed by atoms with Crippen LogP contribution in [-0.4, -0.2) is 10.1 Å². The molecule has 0 aliphatic carbocycles. The first-order valence-electron chi connectivity index (χ1n) is 6.14. The second kappa shape index (κ2) is 5.74. The summed E-state index contributed by atoms with van der Waals surface area (Å²) in [5.74, 6) is 0. The van der Waals surface area contributed by atoms with Crippen LogP contribution in [0, 0.1) is 0 Å². The number of nitrogens with zero attached hydrogens (tertiary/aromatic N) is 1. The van der Waals surface area contributed by atoms with Crippen LogP contribution in [0.5, 0.6) is 0 Å². The molecule has 0 aliphatic heterocycles. The molecule has 2 nitrogen and oxygen atoms in total. The fourth-order valence-electron chi connectivity index (χ4n) is 1.91. The molecule has 1 N–H and O–H groups in total. The molecule has 0 saturated heterocycles. The maximum atomic E-state index is 9.58. The van der Waals surface area contributed by atoms with E-state index in [2.05, 4.69) is 11.1 Å². The smallest absolute Gasteiger partial charge is 0.155 e. The van der Waals surface area contributed by atoms with Gasteiger partial charge in [0.15, 0.2) is 4.34 Å². The molecule has 1 aromatic heterocycles. The van der Waals surface area contributed by atoms with Crippen molar-refractivity contribution in [2.75, 3.05) is 0 Å². The summed E-state index contributed by atoms with van der Waals surface area (Å²) in [7, 11) is 0. The third kappa shape index (κ3) is 2.83. The lowest BCUT2D eigenvalue weighted by atomic mass is 10.1. The van der Waals surface area contributed by atoms with E-state index in [-0.39, 0.29) is 0 Å². The van der Waals surface area contributed by atoms with Gasteiger partial charge in [0.2, 0.25) is 0 Å². The van der Waals surface area contributed by atoms with Crippen LogP contribution >= 0.6 is 34.7 Å². The Morgan fingerprint density at radius 2 is 2.05 bits per heavy atom. The van der Waals surface area contributed by atoms with E-state index in [1.807, 2.05) is 36.4 Å². The minimum Gasteiger partial charge on any atom is -0.389 e. The third-order valence-electron chi connectivity index (χ3n) is 2.90. The number of rotatable bonds is 3. The van der Waals surface area contributed by atoms with Crippen molar-refractivity contribution in [1.29, 1.82) is 0 Å². The third-order valence-corrected chi connectivity index (χ3v) is 5.32. The highest BCUT2D eigenvalue weighted by Gasteiger charge is 2.09. The van der Waals surface area contributed by atoms with Crippen molar-refractivity contribution < 1.29 is 5.11 Å². The number of halogens is 1. The summed E-state index contributed by atoms with van der Waals surface area (Å²) in [5, 5.41) is 10.2. The average Bonchev–Trinajstić information content (AvgIpc) is 2.80. The number of thiazole rings is 1. The summed E-state index contributed by atoms with van der Waals surface area (Å²) in [6, 6.07) is 13.8. The van der Waals surface area contributed by atoms with Crippen LogP contribution in [0.15, 0.2) is 51.7 Å². The van der Waals surface area contributed by atoms with Crippen LogP contribution < -0.4 is 0 Å². The lowest BCUT2D eigenvalue weighted by Crippen LogP contribution is -1.91. The molecule has 1 atom stereocenters.